The van der Waals surface area contributed by atoms with Crippen LogP contribution < -0.4 is 5.46 Å². The van der Waals surface area contributed by atoms with Crippen molar-refractivity contribution in [2.45, 2.75) is 12.4 Å². The molecule has 1 rings (SSSR count). The van der Waals surface area contributed by atoms with E-state index >= 15 is 0 Å². The first-order valence-electron chi connectivity index (χ1n) is 4.04. The topological polar surface area (TPSA) is 53.4 Å². The Kier molecular flexibility index (Phi) is 3.39. The van der Waals surface area contributed by atoms with Crippen LogP contribution in [0.15, 0.2) is 12.3 Å². The molecule has 0 spiro atoms. The molecule has 0 aliphatic carbocycles. The van der Waals surface area contributed by atoms with Gasteiger partial charge < -0.3 is 10.0 Å². The molecule has 17 heavy (non-hydrogen) atoms. The summed E-state index contributed by atoms with van der Waals surface area (Å²) in [5.74, 6) is 0. The molecule has 1 heterocycles. The number of rotatable bonds is 1. The van der Waals surface area contributed by atoms with E-state index in [1.165, 1.54) is 0 Å². The van der Waals surface area contributed by atoms with E-state index in [4.69, 9.17) is 10.0 Å². The standard InChI is InChI=1S/C7H4BF6NO2/c9-6(10,11)4-3(8(16)17)1-2-15-5(4)7(12,13)14/h1-2,16-17H. The van der Waals surface area contributed by atoms with E-state index in [9.17, 15) is 26.3 Å². The van der Waals surface area contributed by atoms with Crippen LogP contribution in [0.5, 0.6) is 0 Å². The molecule has 0 saturated carbocycles. The van der Waals surface area contributed by atoms with Gasteiger partial charge in [-0.1, -0.05) is 0 Å². The van der Waals surface area contributed by atoms with Gasteiger partial charge in [0.25, 0.3) is 0 Å². The van der Waals surface area contributed by atoms with E-state index in [2.05, 4.69) is 4.98 Å². The number of alkyl halides is 6. The molecule has 10 heteroatoms. The number of aromatic nitrogens is 1. The van der Waals surface area contributed by atoms with Crippen molar-refractivity contribution in [1.82, 2.24) is 4.98 Å². The zero-order chi connectivity index (χ0) is 13.4. The number of halogens is 6. The lowest BCUT2D eigenvalue weighted by molar-refractivity contribution is -0.164. The minimum absolute atomic E-state index is 0.423. The summed E-state index contributed by atoms with van der Waals surface area (Å²) in [5.41, 5.74) is -5.68. The van der Waals surface area contributed by atoms with Crippen LogP contribution in [0.3, 0.4) is 0 Å². The lowest BCUT2D eigenvalue weighted by Crippen LogP contribution is -2.38. The van der Waals surface area contributed by atoms with Crippen molar-refractivity contribution in [3.8, 4) is 0 Å². The van der Waals surface area contributed by atoms with Gasteiger partial charge in [-0.05, 0) is 11.5 Å². The van der Waals surface area contributed by atoms with Crippen molar-refractivity contribution in [1.29, 1.82) is 0 Å². The van der Waals surface area contributed by atoms with Crippen molar-refractivity contribution >= 4 is 12.6 Å². The highest BCUT2D eigenvalue weighted by molar-refractivity contribution is 6.59. The first kappa shape index (κ1) is 13.8. The fourth-order valence-corrected chi connectivity index (χ4v) is 1.20. The monoisotopic (exact) mass is 259 g/mol. The minimum Gasteiger partial charge on any atom is -0.423 e. The zero-order valence-electron chi connectivity index (χ0n) is 7.84. The predicted molar refractivity (Wildman–Crippen MR) is 44.1 cm³/mol. The molecule has 1 aromatic heterocycles. The Morgan fingerprint density at radius 2 is 1.53 bits per heavy atom. The lowest BCUT2D eigenvalue weighted by atomic mass is 9.76. The molecule has 0 atom stereocenters. The SMILES string of the molecule is OB(O)c1ccnc(C(F)(F)F)c1C(F)(F)F. The Labute approximate surface area is 90.9 Å². The van der Waals surface area contributed by atoms with E-state index in [1.807, 2.05) is 0 Å². The highest BCUT2D eigenvalue weighted by atomic mass is 19.4. The van der Waals surface area contributed by atoms with Crippen molar-refractivity contribution < 1.29 is 36.4 Å². The molecule has 94 valence electrons. The largest absolute Gasteiger partial charge is 0.489 e. The van der Waals surface area contributed by atoms with Crippen LogP contribution in [0.4, 0.5) is 26.3 Å². The van der Waals surface area contributed by atoms with Crippen molar-refractivity contribution in [3.63, 3.8) is 0 Å². The summed E-state index contributed by atoms with van der Waals surface area (Å²) in [6.07, 6.45) is -10.3. The van der Waals surface area contributed by atoms with Crippen LogP contribution >= 0.6 is 0 Å². The van der Waals surface area contributed by atoms with Crippen LogP contribution in [0.25, 0.3) is 0 Å². The Bertz CT molecular complexity index is 416. The van der Waals surface area contributed by atoms with Gasteiger partial charge in [0.05, 0.1) is 5.56 Å². The van der Waals surface area contributed by atoms with Crippen LogP contribution in [0.2, 0.25) is 0 Å². The fraction of sp³-hybridized carbons (Fsp3) is 0.286. The zero-order valence-corrected chi connectivity index (χ0v) is 7.84. The summed E-state index contributed by atoms with van der Waals surface area (Å²) >= 11 is 0. The highest BCUT2D eigenvalue weighted by Gasteiger charge is 2.47. The van der Waals surface area contributed by atoms with Gasteiger partial charge >= 0.3 is 19.5 Å². The molecule has 1 aromatic rings. The third-order valence-corrected chi connectivity index (χ3v) is 1.81. The van der Waals surface area contributed by atoms with Gasteiger partial charge in [-0.3, -0.25) is 4.98 Å². The maximum atomic E-state index is 12.4. The van der Waals surface area contributed by atoms with E-state index in [1.54, 1.807) is 0 Å². The van der Waals surface area contributed by atoms with Gasteiger partial charge in [-0.2, -0.15) is 26.3 Å². The quantitative estimate of drug-likeness (QED) is 0.579. The summed E-state index contributed by atoms with van der Waals surface area (Å²) in [6.45, 7) is 0. The molecule has 0 saturated heterocycles. The van der Waals surface area contributed by atoms with Crippen molar-refractivity contribution in [2.24, 2.45) is 0 Å². The van der Waals surface area contributed by atoms with Gasteiger partial charge in [0.15, 0.2) is 5.69 Å². The lowest BCUT2D eigenvalue weighted by Gasteiger charge is -2.17. The van der Waals surface area contributed by atoms with Crippen LogP contribution in [-0.4, -0.2) is 22.2 Å². The average Bonchev–Trinajstić information content (AvgIpc) is 2.13. The van der Waals surface area contributed by atoms with Gasteiger partial charge in [0, 0.05) is 6.20 Å². The maximum Gasteiger partial charge on any atom is 0.489 e. The van der Waals surface area contributed by atoms with Gasteiger partial charge in [-0.25, -0.2) is 0 Å². The third-order valence-electron chi connectivity index (χ3n) is 1.81. The Morgan fingerprint density at radius 3 is 1.88 bits per heavy atom. The fourth-order valence-electron chi connectivity index (χ4n) is 1.20. The Hall–Kier alpha value is -1.29. The molecule has 0 amide bonds. The molecule has 0 fully saturated rings. The van der Waals surface area contributed by atoms with E-state index in [0.717, 1.165) is 0 Å². The van der Waals surface area contributed by atoms with E-state index in [-0.39, 0.29) is 0 Å². The first-order valence-corrected chi connectivity index (χ1v) is 4.04. The molecule has 2 N–H and O–H groups in total. The molecule has 0 aliphatic rings. The molecule has 0 radical (unpaired) electrons. The molecular formula is C7H4BF6NO2. The normalized spacial score (nSPS) is 12.7. The number of hydrogen-bond acceptors (Lipinski definition) is 3. The van der Waals surface area contributed by atoms with Gasteiger partial charge in [-0.15, -0.1) is 0 Å². The second-order valence-electron chi connectivity index (χ2n) is 2.99. The summed E-state index contributed by atoms with van der Waals surface area (Å²) in [4.78, 5) is 2.59. The number of hydrogen-bond donors (Lipinski definition) is 2. The maximum absolute atomic E-state index is 12.4. The second-order valence-corrected chi connectivity index (χ2v) is 2.99. The van der Waals surface area contributed by atoms with Crippen molar-refractivity contribution in [2.75, 3.05) is 0 Å². The van der Waals surface area contributed by atoms with Crippen molar-refractivity contribution in [3.05, 3.63) is 23.5 Å². The molecule has 0 aromatic carbocycles. The van der Waals surface area contributed by atoms with E-state index < -0.39 is 36.2 Å². The number of nitrogens with zero attached hydrogens (tertiary/aromatic N) is 1. The molecular weight excluding hydrogens is 255 g/mol. The van der Waals surface area contributed by atoms with Gasteiger partial charge in [0.1, 0.15) is 0 Å². The van der Waals surface area contributed by atoms with Crippen LogP contribution in [0, 0.1) is 0 Å². The van der Waals surface area contributed by atoms with E-state index in [0.29, 0.717) is 12.3 Å². The Morgan fingerprint density at radius 1 is 1.00 bits per heavy atom. The van der Waals surface area contributed by atoms with Crippen LogP contribution in [0.1, 0.15) is 11.3 Å². The summed E-state index contributed by atoms with van der Waals surface area (Å²) < 4.78 is 74.2. The molecule has 0 unspecified atom stereocenters. The predicted octanol–water partition coefficient (Wildman–Crippen LogP) is 0.799. The molecule has 0 aliphatic heterocycles. The summed E-state index contributed by atoms with van der Waals surface area (Å²) in [5, 5.41) is 17.2. The summed E-state index contributed by atoms with van der Waals surface area (Å²) in [7, 11) is -2.67. The second kappa shape index (κ2) is 4.19. The minimum atomic E-state index is -5.39. The number of pyridine rings is 1. The first-order chi connectivity index (χ1) is 7.55. The Balaban J connectivity index is 3.58. The van der Waals surface area contributed by atoms with Gasteiger partial charge in [0.2, 0.25) is 0 Å². The molecule has 0 bridgehead atoms. The third kappa shape index (κ3) is 2.89. The average molecular weight is 259 g/mol. The van der Waals surface area contributed by atoms with Crippen LogP contribution in [-0.2, 0) is 12.4 Å². The molecule has 3 nitrogen and oxygen atoms in total. The highest BCUT2D eigenvalue weighted by Crippen LogP contribution is 2.37. The smallest absolute Gasteiger partial charge is 0.423 e. The summed E-state index contributed by atoms with van der Waals surface area (Å²) in [6, 6.07) is 0.461.